The van der Waals surface area contributed by atoms with Crippen molar-refractivity contribution >= 4 is 5.91 Å². The van der Waals surface area contributed by atoms with Gasteiger partial charge in [-0.1, -0.05) is 20.4 Å². The molecule has 1 rings (SSSR count). The van der Waals surface area contributed by atoms with E-state index in [4.69, 9.17) is 0 Å². The van der Waals surface area contributed by atoms with Gasteiger partial charge in [-0.2, -0.15) is 0 Å². The van der Waals surface area contributed by atoms with Crippen LogP contribution in [-0.4, -0.2) is 5.91 Å². The molecule has 0 aromatic heterocycles. The summed E-state index contributed by atoms with van der Waals surface area (Å²) in [5.74, 6) is -0.0714. The fraction of sp³-hybridized carbons (Fsp3) is 0.357. The minimum absolute atomic E-state index is 0.305. The monoisotopic (exact) mass is 250 g/mol. The number of hydrazine groups is 1. The summed E-state index contributed by atoms with van der Waals surface area (Å²) in [6, 6.07) is 5.37. The first kappa shape index (κ1) is 14.2. The number of hydrogen-bond donors (Lipinski definition) is 2. The molecule has 0 bridgehead atoms. The van der Waals surface area contributed by atoms with Crippen molar-refractivity contribution in [3.05, 3.63) is 47.9 Å². The first-order valence-corrected chi connectivity index (χ1v) is 5.98. The number of carbonyl (C=O) groups excluding carboxylic acids is 1. The van der Waals surface area contributed by atoms with E-state index in [0.29, 0.717) is 11.5 Å². The number of rotatable bonds is 6. The average Bonchev–Trinajstić information content (AvgIpc) is 2.34. The first-order valence-electron chi connectivity index (χ1n) is 5.98. The quantitative estimate of drug-likeness (QED) is 0.762. The standard InChI is InChI=1S/C14H19FN2O/c1-10(2)4-5-11(3)16-17-14(18)12-6-8-13(15)9-7-12/h6-10,16H,3-5H2,1-2H3,(H,17,18). The molecular weight excluding hydrogens is 231 g/mol. The molecule has 0 saturated carbocycles. The number of halogens is 1. The molecule has 4 heteroatoms. The molecule has 3 nitrogen and oxygen atoms in total. The van der Waals surface area contributed by atoms with Crippen molar-refractivity contribution in [2.24, 2.45) is 5.92 Å². The third-order valence-electron chi connectivity index (χ3n) is 2.48. The van der Waals surface area contributed by atoms with Crippen LogP contribution in [0, 0.1) is 11.7 Å². The van der Waals surface area contributed by atoms with E-state index in [1.165, 1.54) is 24.3 Å². The average molecular weight is 250 g/mol. The summed E-state index contributed by atoms with van der Waals surface area (Å²) in [4.78, 5) is 11.7. The van der Waals surface area contributed by atoms with Crippen molar-refractivity contribution in [1.82, 2.24) is 10.9 Å². The van der Waals surface area contributed by atoms with Crippen LogP contribution in [0.2, 0.25) is 0 Å². The highest BCUT2D eigenvalue weighted by molar-refractivity contribution is 5.93. The Morgan fingerprint density at radius 1 is 1.28 bits per heavy atom. The minimum atomic E-state index is -0.360. The Morgan fingerprint density at radius 3 is 2.44 bits per heavy atom. The number of carbonyl (C=O) groups is 1. The van der Waals surface area contributed by atoms with Gasteiger partial charge in [-0.3, -0.25) is 10.2 Å². The van der Waals surface area contributed by atoms with Gasteiger partial charge in [0.1, 0.15) is 5.82 Å². The third-order valence-corrected chi connectivity index (χ3v) is 2.48. The van der Waals surface area contributed by atoms with Crippen LogP contribution in [0.25, 0.3) is 0 Å². The second-order valence-corrected chi connectivity index (χ2v) is 4.62. The zero-order chi connectivity index (χ0) is 13.5. The Hall–Kier alpha value is -1.84. The van der Waals surface area contributed by atoms with E-state index in [9.17, 15) is 9.18 Å². The molecule has 2 N–H and O–H groups in total. The van der Waals surface area contributed by atoms with Gasteiger partial charge in [0.05, 0.1) is 0 Å². The van der Waals surface area contributed by atoms with Gasteiger partial charge >= 0.3 is 0 Å². The summed E-state index contributed by atoms with van der Waals surface area (Å²) < 4.78 is 12.7. The molecule has 0 aliphatic rings. The summed E-state index contributed by atoms with van der Waals surface area (Å²) in [6.07, 6.45) is 1.82. The van der Waals surface area contributed by atoms with E-state index in [1.54, 1.807) is 0 Å². The number of allylic oxidation sites excluding steroid dienone is 1. The lowest BCUT2D eigenvalue weighted by Gasteiger charge is -2.12. The summed E-state index contributed by atoms with van der Waals surface area (Å²) in [5, 5.41) is 0. The third kappa shape index (κ3) is 4.99. The molecule has 1 amide bonds. The van der Waals surface area contributed by atoms with Gasteiger partial charge in [-0.15, -0.1) is 0 Å². The summed E-state index contributed by atoms with van der Waals surface area (Å²) >= 11 is 0. The molecule has 0 fully saturated rings. The van der Waals surface area contributed by atoms with E-state index in [0.717, 1.165) is 18.5 Å². The van der Waals surface area contributed by atoms with E-state index in [-0.39, 0.29) is 11.7 Å². The number of nitrogens with one attached hydrogen (secondary N) is 2. The van der Waals surface area contributed by atoms with Crippen LogP contribution in [0.3, 0.4) is 0 Å². The van der Waals surface area contributed by atoms with Gasteiger partial charge in [0, 0.05) is 11.3 Å². The summed E-state index contributed by atoms with van der Waals surface area (Å²) in [5.41, 5.74) is 6.46. The van der Waals surface area contributed by atoms with Crippen molar-refractivity contribution < 1.29 is 9.18 Å². The maximum absolute atomic E-state index is 12.7. The Morgan fingerprint density at radius 2 is 1.89 bits per heavy atom. The van der Waals surface area contributed by atoms with Crippen molar-refractivity contribution in [1.29, 1.82) is 0 Å². The van der Waals surface area contributed by atoms with Crippen molar-refractivity contribution in [2.75, 3.05) is 0 Å². The molecule has 0 unspecified atom stereocenters. The lowest BCUT2D eigenvalue weighted by molar-refractivity contribution is 0.0938. The Labute approximate surface area is 107 Å². The van der Waals surface area contributed by atoms with Crippen molar-refractivity contribution in [2.45, 2.75) is 26.7 Å². The van der Waals surface area contributed by atoms with Gasteiger partial charge < -0.3 is 5.43 Å². The van der Waals surface area contributed by atoms with E-state index >= 15 is 0 Å². The molecule has 98 valence electrons. The van der Waals surface area contributed by atoms with Crippen molar-refractivity contribution in [3.8, 4) is 0 Å². The van der Waals surface area contributed by atoms with Gasteiger partial charge in [0.2, 0.25) is 0 Å². The molecule has 0 atom stereocenters. The van der Waals surface area contributed by atoms with E-state index < -0.39 is 0 Å². The van der Waals surface area contributed by atoms with Crippen LogP contribution in [-0.2, 0) is 0 Å². The lowest BCUT2D eigenvalue weighted by Crippen LogP contribution is -2.36. The molecule has 0 spiro atoms. The Bertz CT molecular complexity index is 412. The molecule has 1 aromatic rings. The van der Waals surface area contributed by atoms with Crippen LogP contribution < -0.4 is 10.9 Å². The first-order chi connectivity index (χ1) is 8.49. The van der Waals surface area contributed by atoms with Gasteiger partial charge in [-0.05, 0) is 43.0 Å². The smallest absolute Gasteiger partial charge is 0.269 e. The molecule has 18 heavy (non-hydrogen) atoms. The van der Waals surface area contributed by atoms with Crippen LogP contribution in [0.5, 0.6) is 0 Å². The second-order valence-electron chi connectivity index (χ2n) is 4.62. The molecule has 0 saturated heterocycles. The van der Waals surface area contributed by atoms with Crippen LogP contribution in [0.15, 0.2) is 36.5 Å². The number of benzene rings is 1. The Kier molecular flexibility index (Phi) is 5.36. The molecular formula is C14H19FN2O. The highest BCUT2D eigenvalue weighted by atomic mass is 19.1. The molecule has 0 heterocycles. The number of hydrogen-bond acceptors (Lipinski definition) is 2. The van der Waals surface area contributed by atoms with Gasteiger partial charge in [0.25, 0.3) is 5.91 Å². The van der Waals surface area contributed by atoms with Gasteiger partial charge in [-0.25, -0.2) is 4.39 Å². The molecule has 0 aliphatic heterocycles. The highest BCUT2D eigenvalue weighted by Gasteiger charge is 2.05. The topological polar surface area (TPSA) is 41.1 Å². The van der Waals surface area contributed by atoms with E-state index in [1.807, 2.05) is 0 Å². The predicted octanol–water partition coefficient (Wildman–Crippen LogP) is 3.01. The van der Waals surface area contributed by atoms with Crippen LogP contribution >= 0.6 is 0 Å². The fourth-order valence-electron chi connectivity index (χ4n) is 1.34. The lowest BCUT2D eigenvalue weighted by atomic mass is 10.1. The molecule has 0 aliphatic carbocycles. The van der Waals surface area contributed by atoms with Crippen LogP contribution in [0.1, 0.15) is 37.0 Å². The zero-order valence-corrected chi connectivity index (χ0v) is 10.8. The van der Waals surface area contributed by atoms with Crippen LogP contribution in [0.4, 0.5) is 4.39 Å². The van der Waals surface area contributed by atoms with E-state index in [2.05, 4.69) is 31.3 Å². The molecule has 1 aromatic carbocycles. The second kappa shape index (κ2) is 6.79. The minimum Gasteiger partial charge on any atom is -0.303 e. The maximum Gasteiger partial charge on any atom is 0.269 e. The maximum atomic E-state index is 12.7. The zero-order valence-electron chi connectivity index (χ0n) is 10.8. The largest absolute Gasteiger partial charge is 0.303 e. The summed E-state index contributed by atoms with van der Waals surface area (Å²) in [7, 11) is 0. The normalized spacial score (nSPS) is 10.2. The Balaban J connectivity index is 2.37. The SMILES string of the molecule is C=C(CCC(C)C)NNC(=O)c1ccc(F)cc1. The van der Waals surface area contributed by atoms with Gasteiger partial charge in [0.15, 0.2) is 0 Å². The fourth-order valence-corrected chi connectivity index (χ4v) is 1.34. The van der Waals surface area contributed by atoms with Crippen molar-refractivity contribution in [3.63, 3.8) is 0 Å². The molecule has 0 radical (unpaired) electrons. The highest BCUT2D eigenvalue weighted by Crippen LogP contribution is 2.07. The summed E-state index contributed by atoms with van der Waals surface area (Å²) in [6.45, 7) is 8.08. The number of amides is 1. The predicted molar refractivity (Wildman–Crippen MR) is 70.2 cm³/mol.